The van der Waals surface area contributed by atoms with Gasteiger partial charge in [-0.15, -0.1) is 11.3 Å². The lowest BCUT2D eigenvalue weighted by molar-refractivity contribution is 0.0990. The van der Waals surface area contributed by atoms with E-state index in [9.17, 15) is 9.59 Å². The third-order valence-electron chi connectivity index (χ3n) is 4.37. The maximum atomic E-state index is 12.7. The number of ketones is 2. The minimum atomic E-state index is -0.222. The van der Waals surface area contributed by atoms with Crippen molar-refractivity contribution in [2.75, 3.05) is 0 Å². The van der Waals surface area contributed by atoms with E-state index in [-0.39, 0.29) is 17.1 Å². The van der Waals surface area contributed by atoms with Gasteiger partial charge < -0.3 is 4.42 Å². The Hall–Kier alpha value is -3.05. The monoisotopic (exact) mass is 345 g/mol. The number of benzene rings is 2. The summed E-state index contributed by atoms with van der Waals surface area (Å²) in [6.45, 7) is 1.79. The molecule has 0 saturated heterocycles. The number of rotatable bonds is 1. The number of aromatic nitrogens is 1. The lowest BCUT2D eigenvalue weighted by atomic mass is 10.0. The number of hydrogen-bond donors (Lipinski definition) is 0. The van der Waals surface area contributed by atoms with Crippen molar-refractivity contribution in [3.05, 3.63) is 69.9 Å². The Kier molecular flexibility index (Phi) is 2.85. The highest BCUT2D eigenvalue weighted by atomic mass is 32.1. The topological polar surface area (TPSA) is 60.2 Å². The van der Waals surface area contributed by atoms with Gasteiger partial charge in [-0.05, 0) is 29.0 Å². The molecule has 0 radical (unpaired) electrons. The summed E-state index contributed by atoms with van der Waals surface area (Å²) in [5.74, 6) is 0.160. The van der Waals surface area contributed by atoms with Crippen LogP contribution in [0.3, 0.4) is 0 Å². The molecule has 0 N–H and O–H groups in total. The number of fused-ring (bicyclic) bond motifs is 3. The predicted molar refractivity (Wildman–Crippen MR) is 97.2 cm³/mol. The Morgan fingerprint density at radius 3 is 2.24 bits per heavy atom. The van der Waals surface area contributed by atoms with Crippen LogP contribution < -0.4 is 0 Å². The van der Waals surface area contributed by atoms with Crippen molar-refractivity contribution >= 4 is 50.2 Å². The summed E-state index contributed by atoms with van der Waals surface area (Å²) in [5.41, 5.74) is 1.83. The van der Waals surface area contributed by atoms with Crippen LogP contribution in [0.5, 0.6) is 0 Å². The highest BCUT2D eigenvalue weighted by Crippen LogP contribution is 2.34. The Morgan fingerprint density at radius 2 is 1.64 bits per heavy atom. The van der Waals surface area contributed by atoms with Gasteiger partial charge in [0.05, 0.1) is 5.57 Å². The van der Waals surface area contributed by atoms with E-state index in [1.807, 2.05) is 30.3 Å². The number of Topliss-reactive ketones (excluding diaryl/α,β-unsaturated/α-hetero) is 2. The first-order chi connectivity index (χ1) is 12.1. The van der Waals surface area contributed by atoms with Crippen LogP contribution in [0.1, 0.15) is 31.5 Å². The quantitative estimate of drug-likeness (QED) is 0.367. The third-order valence-corrected chi connectivity index (χ3v) is 5.32. The average Bonchev–Trinajstić information content (AvgIpc) is 3.20. The van der Waals surface area contributed by atoms with E-state index in [0.717, 1.165) is 20.5 Å². The lowest BCUT2D eigenvalue weighted by Gasteiger charge is -2.00. The number of thiophene rings is 1. The van der Waals surface area contributed by atoms with E-state index in [1.54, 1.807) is 25.1 Å². The third kappa shape index (κ3) is 2.09. The van der Waals surface area contributed by atoms with Gasteiger partial charge in [-0.3, -0.25) is 9.59 Å². The minimum absolute atomic E-state index is 0.200. The average molecular weight is 345 g/mol. The summed E-state index contributed by atoms with van der Waals surface area (Å²) in [6, 6.07) is 13.1. The number of aryl methyl sites for hydroxylation is 1. The molecule has 0 spiro atoms. The van der Waals surface area contributed by atoms with Crippen LogP contribution in [-0.2, 0) is 0 Å². The van der Waals surface area contributed by atoms with Crippen molar-refractivity contribution < 1.29 is 14.0 Å². The second kappa shape index (κ2) is 4.97. The fourth-order valence-corrected chi connectivity index (χ4v) is 4.15. The predicted octanol–water partition coefficient (Wildman–Crippen LogP) is 4.81. The Morgan fingerprint density at radius 1 is 1.00 bits per heavy atom. The van der Waals surface area contributed by atoms with Gasteiger partial charge in [-0.1, -0.05) is 24.3 Å². The van der Waals surface area contributed by atoms with Crippen LogP contribution >= 0.6 is 11.3 Å². The first-order valence-corrected chi connectivity index (χ1v) is 8.63. The van der Waals surface area contributed by atoms with Crippen molar-refractivity contribution in [2.45, 2.75) is 6.92 Å². The molecular formula is C20H11NO3S. The molecule has 0 amide bonds. The molecule has 1 aliphatic rings. The molecule has 5 heteroatoms. The fraction of sp³-hybridized carbons (Fsp3) is 0.0500. The van der Waals surface area contributed by atoms with Gasteiger partial charge in [0, 0.05) is 29.0 Å². The van der Waals surface area contributed by atoms with E-state index in [1.165, 1.54) is 11.3 Å². The van der Waals surface area contributed by atoms with Crippen LogP contribution in [0.2, 0.25) is 0 Å². The molecule has 2 heterocycles. The summed E-state index contributed by atoms with van der Waals surface area (Å²) in [6.07, 6.45) is 1.65. The molecule has 0 saturated carbocycles. The molecular weight excluding hydrogens is 334 g/mol. The fourth-order valence-electron chi connectivity index (χ4n) is 3.21. The van der Waals surface area contributed by atoms with Crippen LogP contribution in [0.15, 0.2) is 52.5 Å². The van der Waals surface area contributed by atoms with Crippen molar-refractivity contribution in [1.82, 2.24) is 4.98 Å². The van der Waals surface area contributed by atoms with E-state index in [0.29, 0.717) is 22.6 Å². The molecule has 0 unspecified atom stereocenters. The summed E-state index contributed by atoms with van der Waals surface area (Å²) in [7, 11) is 0. The summed E-state index contributed by atoms with van der Waals surface area (Å²) in [5, 5.41) is 1.91. The number of carbonyl (C=O) groups excluding carboxylic acids is 2. The smallest absolute Gasteiger partial charge is 0.197 e. The molecule has 1 aliphatic carbocycles. The number of oxazole rings is 1. The first-order valence-electron chi connectivity index (χ1n) is 7.81. The standard InChI is InChI=1S/C20H11NO3S/c1-10-21-20-17(24-10)9-13(25-20)8-16-18(22)14-6-11-4-2-3-5-12(11)7-15(14)19(16)23/h2-9H,1H3. The lowest BCUT2D eigenvalue weighted by Crippen LogP contribution is -1.99. The van der Waals surface area contributed by atoms with Crippen LogP contribution in [-0.4, -0.2) is 16.6 Å². The largest absolute Gasteiger partial charge is 0.440 e. The van der Waals surface area contributed by atoms with Crippen molar-refractivity contribution in [2.24, 2.45) is 0 Å². The number of carbonyl (C=O) groups is 2. The van der Waals surface area contributed by atoms with E-state index < -0.39 is 0 Å². The van der Waals surface area contributed by atoms with E-state index in [4.69, 9.17) is 4.42 Å². The zero-order valence-electron chi connectivity index (χ0n) is 13.2. The number of allylic oxidation sites excluding steroid dienone is 1. The molecule has 4 nitrogen and oxygen atoms in total. The molecule has 25 heavy (non-hydrogen) atoms. The van der Waals surface area contributed by atoms with Crippen LogP contribution in [0.25, 0.3) is 27.3 Å². The summed E-state index contributed by atoms with van der Waals surface area (Å²) < 4.78 is 5.48. The van der Waals surface area contributed by atoms with E-state index >= 15 is 0 Å². The molecule has 0 fully saturated rings. The summed E-state index contributed by atoms with van der Waals surface area (Å²) >= 11 is 1.41. The molecule has 5 rings (SSSR count). The second-order valence-corrected chi connectivity index (χ2v) is 7.07. The molecule has 2 aromatic heterocycles. The zero-order chi connectivity index (χ0) is 17.1. The maximum Gasteiger partial charge on any atom is 0.197 e. The van der Waals surface area contributed by atoms with Crippen molar-refractivity contribution in [3.63, 3.8) is 0 Å². The van der Waals surface area contributed by atoms with Gasteiger partial charge in [0.1, 0.15) is 0 Å². The van der Waals surface area contributed by atoms with Crippen LogP contribution in [0, 0.1) is 6.92 Å². The Bertz CT molecular complexity index is 1150. The highest BCUT2D eigenvalue weighted by molar-refractivity contribution is 7.19. The molecule has 2 aromatic carbocycles. The van der Waals surface area contributed by atoms with Gasteiger partial charge in [-0.25, -0.2) is 4.98 Å². The summed E-state index contributed by atoms with van der Waals surface area (Å²) in [4.78, 5) is 31.3. The van der Waals surface area contributed by atoms with Crippen molar-refractivity contribution in [1.29, 1.82) is 0 Å². The maximum absolute atomic E-state index is 12.7. The Balaban J connectivity index is 1.64. The SMILES string of the molecule is Cc1nc2sc(C=C3C(=O)c4cc5ccccc5cc4C3=O)cc2o1. The molecule has 0 bridgehead atoms. The van der Waals surface area contributed by atoms with Gasteiger partial charge in [0.15, 0.2) is 27.9 Å². The van der Waals surface area contributed by atoms with Gasteiger partial charge in [-0.2, -0.15) is 0 Å². The first kappa shape index (κ1) is 14.3. The number of nitrogens with zero attached hydrogens (tertiary/aromatic N) is 1. The van der Waals surface area contributed by atoms with E-state index in [2.05, 4.69) is 4.98 Å². The number of hydrogen-bond acceptors (Lipinski definition) is 5. The molecule has 0 atom stereocenters. The van der Waals surface area contributed by atoms with Crippen molar-refractivity contribution in [3.8, 4) is 0 Å². The Labute approximate surface area is 146 Å². The molecule has 120 valence electrons. The second-order valence-electron chi connectivity index (χ2n) is 6.01. The highest BCUT2D eigenvalue weighted by Gasteiger charge is 2.33. The zero-order valence-corrected chi connectivity index (χ0v) is 14.0. The minimum Gasteiger partial charge on any atom is -0.440 e. The van der Waals surface area contributed by atoms with Gasteiger partial charge in [0.25, 0.3) is 0 Å². The van der Waals surface area contributed by atoms with Gasteiger partial charge in [0.2, 0.25) is 0 Å². The molecule has 0 aliphatic heterocycles. The molecule has 4 aromatic rings. The van der Waals surface area contributed by atoms with Crippen LogP contribution in [0.4, 0.5) is 0 Å². The normalized spacial score (nSPS) is 13.9. The van der Waals surface area contributed by atoms with Gasteiger partial charge >= 0.3 is 0 Å².